The lowest BCUT2D eigenvalue weighted by atomic mass is 9.95. The molecule has 3 rings (SSSR count). The van der Waals surface area contributed by atoms with E-state index >= 15 is 0 Å². The lowest BCUT2D eigenvalue weighted by molar-refractivity contribution is -0.137. The largest absolute Gasteiger partial charge is 0.356 e. The van der Waals surface area contributed by atoms with Gasteiger partial charge in [0.25, 0.3) is 5.91 Å². The molecule has 2 atom stereocenters. The number of nitrogens with zero attached hydrogens (tertiary/aromatic N) is 1. The van der Waals surface area contributed by atoms with Crippen molar-refractivity contribution in [3.05, 3.63) is 58.3 Å². The first kappa shape index (κ1) is 25.0. The van der Waals surface area contributed by atoms with Crippen LogP contribution in [-0.4, -0.2) is 48.3 Å². The molecule has 2 aromatic rings. The number of nitrogens with one attached hydrogen (secondary N) is 2. The number of likely N-dealkylation sites (tertiary alicyclic amines) is 1. The van der Waals surface area contributed by atoms with Crippen LogP contribution in [0, 0.1) is 5.92 Å². The van der Waals surface area contributed by atoms with Crippen molar-refractivity contribution in [2.24, 2.45) is 5.92 Å². The molecule has 178 valence electrons. The smallest absolute Gasteiger partial charge is 0.262 e. The number of hydrogen-bond donors (Lipinski definition) is 2. The fraction of sp³-hybridized carbons (Fsp3) is 0.500. The molecule has 33 heavy (non-hydrogen) atoms. The predicted octanol–water partition coefficient (Wildman–Crippen LogP) is 4.02. The second kappa shape index (κ2) is 13.1. The molecule has 1 fully saturated rings. The van der Waals surface area contributed by atoms with Crippen LogP contribution in [0.4, 0.5) is 0 Å². The Morgan fingerprint density at radius 2 is 1.91 bits per heavy atom. The quantitative estimate of drug-likeness (QED) is 0.488. The van der Waals surface area contributed by atoms with Gasteiger partial charge in [-0.1, -0.05) is 62.6 Å². The predicted molar refractivity (Wildman–Crippen MR) is 132 cm³/mol. The first-order valence-electron chi connectivity index (χ1n) is 12.0. The van der Waals surface area contributed by atoms with E-state index < -0.39 is 6.04 Å². The van der Waals surface area contributed by atoms with Crippen molar-refractivity contribution in [3.8, 4) is 0 Å². The molecule has 1 aromatic heterocycles. The van der Waals surface area contributed by atoms with Crippen molar-refractivity contribution in [2.45, 2.75) is 57.9 Å². The van der Waals surface area contributed by atoms with Crippen molar-refractivity contribution in [3.63, 3.8) is 0 Å². The van der Waals surface area contributed by atoms with Gasteiger partial charge in [0.1, 0.15) is 6.04 Å². The molecule has 0 saturated carbocycles. The van der Waals surface area contributed by atoms with Gasteiger partial charge in [-0.3, -0.25) is 14.4 Å². The van der Waals surface area contributed by atoms with Crippen LogP contribution >= 0.6 is 11.3 Å². The summed E-state index contributed by atoms with van der Waals surface area (Å²) in [6, 6.07) is 12.6. The molecular formula is C26H35N3O3S. The fourth-order valence-electron chi connectivity index (χ4n) is 4.21. The molecular weight excluding hydrogens is 434 g/mol. The highest BCUT2D eigenvalue weighted by molar-refractivity contribution is 7.12. The maximum absolute atomic E-state index is 13.5. The third kappa shape index (κ3) is 7.70. The van der Waals surface area contributed by atoms with Crippen LogP contribution in [0.25, 0.3) is 0 Å². The van der Waals surface area contributed by atoms with Crippen LogP contribution in [0.3, 0.4) is 0 Å². The van der Waals surface area contributed by atoms with Gasteiger partial charge < -0.3 is 15.5 Å². The molecule has 1 aliphatic rings. The lowest BCUT2D eigenvalue weighted by Crippen LogP contribution is -2.53. The Kier molecular flexibility index (Phi) is 9.94. The Balaban J connectivity index is 1.62. The van der Waals surface area contributed by atoms with E-state index in [1.54, 1.807) is 11.0 Å². The standard InChI is InChI=1S/C26H35N3O3S/c1-2-3-4-8-15-27-24(30)21-13-9-16-29(19-21)26(32)22(18-20-11-6-5-7-12-20)28-25(31)23-14-10-17-33-23/h5-7,10-12,14,17,21-22H,2-4,8-9,13,15-16,18-19H2,1H3,(H,27,30)(H,28,31). The molecule has 2 unspecified atom stereocenters. The molecule has 3 amide bonds. The van der Waals surface area contributed by atoms with Gasteiger partial charge in [0.05, 0.1) is 10.8 Å². The lowest BCUT2D eigenvalue weighted by Gasteiger charge is -2.34. The molecule has 0 radical (unpaired) electrons. The van der Waals surface area contributed by atoms with Gasteiger partial charge in [-0.25, -0.2) is 0 Å². The van der Waals surface area contributed by atoms with E-state index in [0.717, 1.165) is 31.2 Å². The fourth-order valence-corrected chi connectivity index (χ4v) is 4.83. The Morgan fingerprint density at radius 3 is 2.64 bits per heavy atom. The average Bonchev–Trinajstić information content (AvgIpc) is 3.39. The summed E-state index contributed by atoms with van der Waals surface area (Å²) in [7, 11) is 0. The summed E-state index contributed by atoms with van der Waals surface area (Å²) in [5.74, 6) is -0.521. The number of carbonyl (C=O) groups is 3. The monoisotopic (exact) mass is 469 g/mol. The Morgan fingerprint density at radius 1 is 1.09 bits per heavy atom. The van der Waals surface area contributed by atoms with E-state index in [-0.39, 0.29) is 23.6 Å². The highest BCUT2D eigenvalue weighted by atomic mass is 32.1. The zero-order valence-electron chi connectivity index (χ0n) is 19.4. The van der Waals surface area contributed by atoms with E-state index in [0.29, 0.717) is 30.9 Å². The first-order valence-corrected chi connectivity index (χ1v) is 12.9. The van der Waals surface area contributed by atoms with Crippen molar-refractivity contribution in [2.75, 3.05) is 19.6 Å². The van der Waals surface area contributed by atoms with Gasteiger partial charge >= 0.3 is 0 Å². The maximum atomic E-state index is 13.5. The van der Waals surface area contributed by atoms with Crippen molar-refractivity contribution >= 4 is 29.1 Å². The minimum absolute atomic E-state index is 0.0335. The summed E-state index contributed by atoms with van der Waals surface area (Å²) in [5.41, 5.74) is 0.987. The van der Waals surface area contributed by atoms with Crippen LogP contribution in [0.2, 0.25) is 0 Å². The number of unbranched alkanes of at least 4 members (excludes halogenated alkanes) is 3. The summed E-state index contributed by atoms with van der Waals surface area (Å²) in [4.78, 5) is 41.2. The number of rotatable bonds is 11. The van der Waals surface area contributed by atoms with E-state index in [2.05, 4.69) is 17.6 Å². The van der Waals surface area contributed by atoms with Crippen molar-refractivity contribution in [1.29, 1.82) is 0 Å². The molecule has 0 aliphatic carbocycles. The Labute approximate surface area is 200 Å². The highest BCUT2D eigenvalue weighted by Crippen LogP contribution is 2.19. The van der Waals surface area contributed by atoms with Gasteiger partial charge in [-0.2, -0.15) is 0 Å². The molecule has 2 heterocycles. The summed E-state index contributed by atoms with van der Waals surface area (Å²) in [6.45, 7) is 3.87. The second-order valence-electron chi connectivity index (χ2n) is 8.67. The topological polar surface area (TPSA) is 78.5 Å². The second-order valence-corrected chi connectivity index (χ2v) is 9.62. The Bertz CT molecular complexity index is 885. The van der Waals surface area contributed by atoms with Crippen LogP contribution in [0.5, 0.6) is 0 Å². The van der Waals surface area contributed by atoms with Gasteiger partial charge in [0, 0.05) is 26.1 Å². The number of thiophene rings is 1. The van der Waals surface area contributed by atoms with Gasteiger partial charge in [0.15, 0.2) is 0 Å². The van der Waals surface area contributed by atoms with Gasteiger partial charge in [0.2, 0.25) is 11.8 Å². The minimum Gasteiger partial charge on any atom is -0.356 e. The van der Waals surface area contributed by atoms with E-state index in [1.807, 2.05) is 41.8 Å². The minimum atomic E-state index is -0.669. The van der Waals surface area contributed by atoms with E-state index in [9.17, 15) is 14.4 Å². The molecule has 7 heteroatoms. The molecule has 0 spiro atoms. The van der Waals surface area contributed by atoms with Crippen LogP contribution < -0.4 is 10.6 Å². The molecule has 1 saturated heterocycles. The molecule has 1 aliphatic heterocycles. The van der Waals surface area contributed by atoms with Crippen molar-refractivity contribution in [1.82, 2.24) is 15.5 Å². The summed E-state index contributed by atoms with van der Waals surface area (Å²) in [6.07, 6.45) is 6.45. The number of carbonyl (C=O) groups excluding carboxylic acids is 3. The first-order chi connectivity index (χ1) is 16.1. The molecule has 2 N–H and O–H groups in total. The third-order valence-corrected chi connectivity index (χ3v) is 6.93. The van der Waals surface area contributed by atoms with Crippen LogP contribution in [0.1, 0.15) is 60.7 Å². The molecule has 0 bridgehead atoms. The number of hydrogen-bond acceptors (Lipinski definition) is 4. The van der Waals surface area contributed by atoms with E-state index in [4.69, 9.17) is 0 Å². The maximum Gasteiger partial charge on any atom is 0.262 e. The number of amides is 3. The Hall–Kier alpha value is -2.67. The SMILES string of the molecule is CCCCCCNC(=O)C1CCCN(C(=O)C(Cc2ccccc2)NC(=O)c2cccs2)C1. The van der Waals surface area contributed by atoms with Crippen LogP contribution in [0.15, 0.2) is 47.8 Å². The number of piperidine rings is 1. The molecule has 6 nitrogen and oxygen atoms in total. The average molecular weight is 470 g/mol. The molecule has 1 aromatic carbocycles. The normalized spacial score (nSPS) is 16.8. The van der Waals surface area contributed by atoms with Crippen LogP contribution in [-0.2, 0) is 16.0 Å². The summed E-state index contributed by atoms with van der Waals surface area (Å²) in [5, 5.41) is 7.83. The van der Waals surface area contributed by atoms with E-state index in [1.165, 1.54) is 24.2 Å². The third-order valence-electron chi connectivity index (χ3n) is 6.06. The summed E-state index contributed by atoms with van der Waals surface area (Å²) < 4.78 is 0. The zero-order valence-corrected chi connectivity index (χ0v) is 20.2. The van der Waals surface area contributed by atoms with Crippen molar-refractivity contribution < 1.29 is 14.4 Å². The summed E-state index contributed by atoms with van der Waals surface area (Å²) >= 11 is 1.35. The highest BCUT2D eigenvalue weighted by Gasteiger charge is 2.32. The zero-order chi connectivity index (χ0) is 23.5. The number of benzene rings is 1. The van der Waals surface area contributed by atoms with Gasteiger partial charge in [-0.15, -0.1) is 11.3 Å². The van der Waals surface area contributed by atoms with Gasteiger partial charge in [-0.05, 0) is 36.3 Å².